The molecule has 1 amide bonds. The van der Waals surface area contributed by atoms with Gasteiger partial charge in [-0.25, -0.2) is 4.79 Å². The van der Waals surface area contributed by atoms with Crippen molar-refractivity contribution in [3.63, 3.8) is 0 Å². The van der Waals surface area contributed by atoms with Gasteiger partial charge >= 0.3 is 6.09 Å². The first kappa shape index (κ1) is 27.5. The highest BCUT2D eigenvalue weighted by atomic mass is 127. The smallest absolute Gasteiger partial charge is 0.409 e. The summed E-state index contributed by atoms with van der Waals surface area (Å²) in [7, 11) is 0. The minimum atomic E-state index is -0.230. The van der Waals surface area contributed by atoms with Crippen molar-refractivity contribution < 1.29 is 9.53 Å². The number of rotatable bonds is 9. The standard InChI is InChI=1S/C23H39N5O2.HI/c1-5-23(6-2,27-18(4)19-11-9-8-10-12-19)17-25-21(24)26-20-13-15-28(16-14-20)22(29)30-7-3;/h8-12,18,20,27H,5-7,13-17H2,1-4H3,(H3,24,25,26);1H. The minimum absolute atomic E-state index is 0. The lowest BCUT2D eigenvalue weighted by molar-refractivity contribution is 0.0963. The first-order valence-corrected chi connectivity index (χ1v) is 11.2. The molecule has 1 aliphatic rings. The fourth-order valence-electron chi connectivity index (χ4n) is 3.92. The van der Waals surface area contributed by atoms with Gasteiger partial charge in [-0.05, 0) is 45.1 Å². The van der Waals surface area contributed by atoms with E-state index in [0.29, 0.717) is 32.2 Å². The molecule has 0 bridgehead atoms. The van der Waals surface area contributed by atoms with E-state index in [9.17, 15) is 4.79 Å². The maximum absolute atomic E-state index is 11.8. The highest BCUT2D eigenvalue weighted by Gasteiger charge is 2.28. The van der Waals surface area contributed by atoms with Crippen molar-refractivity contribution in [1.82, 2.24) is 15.5 Å². The lowest BCUT2D eigenvalue weighted by Gasteiger charge is -2.35. The van der Waals surface area contributed by atoms with Crippen LogP contribution in [0, 0.1) is 0 Å². The third kappa shape index (κ3) is 8.48. The first-order valence-electron chi connectivity index (χ1n) is 11.2. The van der Waals surface area contributed by atoms with Gasteiger partial charge in [0.15, 0.2) is 5.96 Å². The highest BCUT2D eigenvalue weighted by Crippen LogP contribution is 2.22. The van der Waals surface area contributed by atoms with Gasteiger partial charge in [-0.1, -0.05) is 44.2 Å². The van der Waals surface area contributed by atoms with Crippen molar-refractivity contribution in [2.75, 3.05) is 26.2 Å². The fraction of sp³-hybridized carbons (Fsp3) is 0.652. The molecule has 7 nitrogen and oxygen atoms in total. The Bertz CT molecular complexity index is 674. The average Bonchev–Trinajstić information content (AvgIpc) is 2.78. The van der Waals surface area contributed by atoms with Gasteiger partial charge in [0, 0.05) is 30.7 Å². The van der Waals surface area contributed by atoms with E-state index in [1.54, 1.807) is 4.90 Å². The number of guanidine groups is 1. The largest absolute Gasteiger partial charge is 0.450 e. The monoisotopic (exact) mass is 545 g/mol. The van der Waals surface area contributed by atoms with Crippen LogP contribution in [0.15, 0.2) is 35.3 Å². The van der Waals surface area contributed by atoms with Gasteiger partial charge in [0.05, 0.1) is 13.2 Å². The second-order valence-corrected chi connectivity index (χ2v) is 8.07. The second kappa shape index (κ2) is 13.8. The van der Waals surface area contributed by atoms with E-state index < -0.39 is 0 Å². The van der Waals surface area contributed by atoms with Crippen molar-refractivity contribution in [3.8, 4) is 0 Å². The predicted molar refractivity (Wildman–Crippen MR) is 138 cm³/mol. The number of benzene rings is 1. The zero-order valence-corrected chi connectivity index (χ0v) is 21.7. The average molecular weight is 546 g/mol. The van der Waals surface area contributed by atoms with Crippen LogP contribution in [0.1, 0.15) is 65.0 Å². The summed E-state index contributed by atoms with van der Waals surface area (Å²) in [5.74, 6) is 0.477. The predicted octanol–water partition coefficient (Wildman–Crippen LogP) is 4.04. The number of carbonyl (C=O) groups excluding carboxylic acids is 1. The molecule has 1 aliphatic heterocycles. The molecule has 8 heteroatoms. The molecule has 1 aromatic rings. The normalized spacial score (nSPS) is 16.4. The summed E-state index contributed by atoms with van der Waals surface area (Å²) in [6.07, 6.45) is 3.38. The number of carbonyl (C=O) groups is 1. The number of nitrogens with zero attached hydrogens (tertiary/aromatic N) is 2. The molecule has 176 valence electrons. The number of halogens is 1. The van der Waals surface area contributed by atoms with E-state index >= 15 is 0 Å². The Morgan fingerprint density at radius 2 is 1.84 bits per heavy atom. The summed E-state index contributed by atoms with van der Waals surface area (Å²) in [6, 6.07) is 10.9. The van der Waals surface area contributed by atoms with Gasteiger partial charge in [-0.15, -0.1) is 24.0 Å². The molecule has 2 rings (SSSR count). The maximum atomic E-state index is 11.8. The number of piperidine rings is 1. The van der Waals surface area contributed by atoms with Crippen molar-refractivity contribution in [2.24, 2.45) is 10.7 Å². The van der Waals surface area contributed by atoms with Gasteiger partial charge in [0.1, 0.15) is 0 Å². The SMILES string of the molecule is CCOC(=O)N1CCC(NC(N)=NCC(CC)(CC)NC(C)c2ccccc2)CC1.I. The molecular weight excluding hydrogens is 505 g/mol. The molecule has 0 radical (unpaired) electrons. The number of ether oxygens (including phenoxy) is 1. The van der Waals surface area contributed by atoms with Crippen LogP contribution in [-0.4, -0.2) is 54.8 Å². The first-order chi connectivity index (χ1) is 14.4. The third-order valence-electron chi connectivity index (χ3n) is 6.10. The molecule has 0 aromatic heterocycles. The molecule has 1 fully saturated rings. The fourth-order valence-corrected chi connectivity index (χ4v) is 3.92. The molecule has 4 N–H and O–H groups in total. The molecule has 1 atom stereocenters. The van der Waals surface area contributed by atoms with Crippen molar-refractivity contribution in [1.29, 1.82) is 0 Å². The van der Waals surface area contributed by atoms with E-state index in [4.69, 9.17) is 10.5 Å². The Hall–Kier alpha value is -1.55. The minimum Gasteiger partial charge on any atom is -0.450 e. The number of nitrogens with one attached hydrogen (secondary N) is 2. The lowest BCUT2D eigenvalue weighted by atomic mass is 9.91. The van der Waals surface area contributed by atoms with Crippen molar-refractivity contribution in [2.45, 2.75) is 71.0 Å². The number of hydrogen-bond donors (Lipinski definition) is 3. The van der Waals surface area contributed by atoms with E-state index in [2.05, 4.69) is 60.7 Å². The quantitative estimate of drug-likeness (QED) is 0.248. The summed E-state index contributed by atoms with van der Waals surface area (Å²) < 4.78 is 5.07. The Kier molecular flexibility index (Phi) is 12.2. The Morgan fingerprint density at radius 1 is 1.23 bits per heavy atom. The van der Waals surface area contributed by atoms with E-state index in [1.165, 1.54) is 5.56 Å². The number of amides is 1. The molecule has 1 unspecified atom stereocenters. The molecule has 0 aliphatic carbocycles. The molecule has 1 heterocycles. The van der Waals surface area contributed by atoms with E-state index in [1.807, 2.05) is 13.0 Å². The van der Waals surface area contributed by atoms with Crippen LogP contribution in [0.4, 0.5) is 4.79 Å². The van der Waals surface area contributed by atoms with Crippen LogP contribution >= 0.6 is 24.0 Å². The Labute approximate surface area is 204 Å². The van der Waals surface area contributed by atoms with Gasteiger partial charge in [-0.3, -0.25) is 4.99 Å². The molecule has 0 saturated carbocycles. The third-order valence-corrected chi connectivity index (χ3v) is 6.10. The number of nitrogens with two attached hydrogens (primary N) is 1. The topological polar surface area (TPSA) is 92.0 Å². The van der Waals surface area contributed by atoms with Gasteiger partial charge in [0.2, 0.25) is 0 Å². The molecule has 31 heavy (non-hydrogen) atoms. The molecule has 1 saturated heterocycles. The van der Waals surface area contributed by atoms with Crippen LogP contribution in [0.2, 0.25) is 0 Å². The van der Waals surface area contributed by atoms with E-state index in [0.717, 1.165) is 25.7 Å². The summed E-state index contributed by atoms with van der Waals surface area (Å²) in [5.41, 5.74) is 7.38. The van der Waals surface area contributed by atoms with Crippen molar-refractivity contribution in [3.05, 3.63) is 35.9 Å². The van der Waals surface area contributed by atoms with Crippen LogP contribution < -0.4 is 16.4 Å². The van der Waals surface area contributed by atoms with Gasteiger partial charge in [-0.2, -0.15) is 0 Å². The summed E-state index contributed by atoms with van der Waals surface area (Å²) in [5, 5.41) is 7.12. The molecule has 0 spiro atoms. The Balaban J connectivity index is 0.00000480. The molecular formula is C23H40IN5O2. The lowest BCUT2D eigenvalue weighted by Crippen LogP contribution is -2.51. The highest BCUT2D eigenvalue weighted by molar-refractivity contribution is 14.0. The van der Waals surface area contributed by atoms with Gasteiger partial charge < -0.3 is 26.0 Å². The zero-order chi connectivity index (χ0) is 22.0. The number of hydrogen-bond acceptors (Lipinski definition) is 4. The summed E-state index contributed by atoms with van der Waals surface area (Å²) in [4.78, 5) is 18.3. The zero-order valence-electron chi connectivity index (χ0n) is 19.4. The van der Waals surface area contributed by atoms with Crippen LogP contribution in [0.3, 0.4) is 0 Å². The number of aliphatic imine (C=N–C) groups is 1. The second-order valence-electron chi connectivity index (χ2n) is 8.07. The van der Waals surface area contributed by atoms with E-state index in [-0.39, 0.29) is 47.7 Å². The van der Waals surface area contributed by atoms with Gasteiger partial charge in [0.25, 0.3) is 0 Å². The Morgan fingerprint density at radius 3 is 2.39 bits per heavy atom. The molecule has 1 aromatic carbocycles. The maximum Gasteiger partial charge on any atom is 0.409 e. The summed E-state index contributed by atoms with van der Waals surface area (Å²) >= 11 is 0. The van der Waals surface area contributed by atoms with Crippen LogP contribution in [0.25, 0.3) is 0 Å². The van der Waals surface area contributed by atoms with Crippen LogP contribution in [-0.2, 0) is 4.74 Å². The summed E-state index contributed by atoms with van der Waals surface area (Å²) in [6.45, 7) is 10.8. The number of likely N-dealkylation sites (tertiary alicyclic amines) is 1. The van der Waals surface area contributed by atoms with Crippen molar-refractivity contribution >= 4 is 36.0 Å². The van der Waals surface area contributed by atoms with Crippen LogP contribution in [0.5, 0.6) is 0 Å².